The van der Waals surface area contributed by atoms with Crippen LogP contribution in [-0.2, 0) is 11.3 Å². The Bertz CT molecular complexity index is 408. The van der Waals surface area contributed by atoms with E-state index in [9.17, 15) is 4.79 Å². The Balaban J connectivity index is 1.88. The number of anilines is 1. The maximum absolute atomic E-state index is 11.3. The van der Waals surface area contributed by atoms with Gasteiger partial charge in [0.1, 0.15) is 0 Å². The van der Waals surface area contributed by atoms with Gasteiger partial charge in [0.15, 0.2) is 5.13 Å². The van der Waals surface area contributed by atoms with Gasteiger partial charge < -0.3 is 4.90 Å². The zero-order chi connectivity index (χ0) is 13.0. The number of carbonyl (C=O) groups is 1. The third kappa shape index (κ3) is 3.41. The van der Waals surface area contributed by atoms with Crippen LogP contribution in [0.2, 0.25) is 0 Å². The van der Waals surface area contributed by atoms with Crippen molar-refractivity contribution in [3.8, 4) is 0 Å². The lowest BCUT2D eigenvalue weighted by Crippen LogP contribution is -2.33. The summed E-state index contributed by atoms with van der Waals surface area (Å²) in [5.41, 5.74) is 2.55. The Morgan fingerprint density at radius 3 is 3.00 bits per heavy atom. The Morgan fingerprint density at radius 1 is 1.50 bits per heavy atom. The fourth-order valence-corrected chi connectivity index (χ4v) is 2.88. The van der Waals surface area contributed by atoms with Crippen molar-refractivity contribution in [2.24, 2.45) is 5.84 Å². The minimum Gasteiger partial charge on any atom is -0.342 e. The quantitative estimate of drug-likeness (QED) is 0.617. The number of hydrazine groups is 1. The molecule has 0 unspecified atom stereocenters. The molecule has 18 heavy (non-hydrogen) atoms. The number of amides is 1. The molecule has 1 fully saturated rings. The van der Waals surface area contributed by atoms with Gasteiger partial charge in [-0.1, -0.05) is 11.3 Å². The molecule has 1 aliphatic rings. The molecule has 100 valence electrons. The monoisotopic (exact) mass is 269 g/mol. The van der Waals surface area contributed by atoms with Crippen LogP contribution in [0.5, 0.6) is 0 Å². The molecular formula is C11H19N5OS. The predicted molar refractivity (Wildman–Crippen MR) is 72.1 cm³/mol. The Labute approximate surface area is 111 Å². The molecule has 6 nitrogen and oxygen atoms in total. The number of aromatic nitrogens is 1. The maximum Gasteiger partial charge on any atom is 0.219 e. The van der Waals surface area contributed by atoms with Gasteiger partial charge in [0.25, 0.3) is 0 Å². The average Bonchev–Trinajstić information content (AvgIpc) is 2.66. The molecular weight excluding hydrogens is 250 g/mol. The third-order valence-electron chi connectivity index (χ3n) is 3.09. The second-order valence-electron chi connectivity index (χ2n) is 4.41. The van der Waals surface area contributed by atoms with Gasteiger partial charge >= 0.3 is 0 Å². The van der Waals surface area contributed by atoms with Crippen LogP contribution in [0.15, 0.2) is 6.20 Å². The van der Waals surface area contributed by atoms with Gasteiger partial charge in [-0.2, -0.15) is 0 Å². The number of carbonyl (C=O) groups excluding carboxylic acids is 1. The van der Waals surface area contributed by atoms with Crippen LogP contribution < -0.4 is 11.3 Å². The highest BCUT2D eigenvalue weighted by atomic mass is 32.1. The number of nitrogens with one attached hydrogen (secondary N) is 1. The van der Waals surface area contributed by atoms with Crippen LogP contribution in [0.3, 0.4) is 0 Å². The van der Waals surface area contributed by atoms with Crippen LogP contribution in [0, 0.1) is 0 Å². The van der Waals surface area contributed by atoms with E-state index in [1.807, 2.05) is 11.1 Å². The van der Waals surface area contributed by atoms with Crippen molar-refractivity contribution in [2.75, 3.05) is 31.6 Å². The van der Waals surface area contributed by atoms with E-state index in [1.54, 1.807) is 18.3 Å². The summed E-state index contributed by atoms with van der Waals surface area (Å²) in [6.45, 7) is 6.14. The predicted octanol–water partition coefficient (Wildman–Crippen LogP) is 0.483. The lowest BCUT2D eigenvalue weighted by molar-refractivity contribution is -0.128. The van der Waals surface area contributed by atoms with Gasteiger partial charge in [-0.15, -0.1) is 0 Å². The summed E-state index contributed by atoms with van der Waals surface area (Å²) >= 11 is 1.57. The van der Waals surface area contributed by atoms with E-state index in [0.29, 0.717) is 0 Å². The maximum atomic E-state index is 11.3. The van der Waals surface area contributed by atoms with Gasteiger partial charge in [-0.05, 0) is 6.42 Å². The molecule has 0 radical (unpaired) electrons. The number of thiazole rings is 1. The summed E-state index contributed by atoms with van der Waals surface area (Å²) in [6.07, 6.45) is 2.88. The van der Waals surface area contributed by atoms with Crippen molar-refractivity contribution in [1.29, 1.82) is 0 Å². The van der Waals surface area contributed by atoms with Crippen molar-refractivity contribution in [2.45, 2.75) is 19.9 Å². The summed E-state index contributed by atoms with van der Waals surface area (Å²) < 4.78 is 0. The van der Waals surface area contributed by atoms with Crippen LogP contribution in [0.25, 0.3) is 0 Å². The van der Waals surface area contributed by atoms with Gasteiger partial charge in [-0.25, -0.2) is 10.8 Å². The number of rotatable bonds is 3. The molecule has 1 amide bonds. The van der Waals surface area contributed by atoms with E-state index in [1.165, 1.54) is 4.88 Å². The van der Waals surface area contributed by atoms with E-state index in [2.05, 4.69) is 15.3 Å². The van der Waals surface area contributed by atoms with Crippen molar-refractivity contribution in [1.82, 2.24) is 14.8 Å². The number of nitrogens with zero attached hydrogens (tertiary/aromatic N) is 3. The van der Waals surface area contributed by atoms with Gasteiger partial charge in [0.05, 0.1) is 0 Å². The Hall–Kier alpha value is -1.18. The summed E-state index contributed by atoms with van der Waals surface area (Å²) in [6, 6.07) is 0. The minimum atomic E-state index is 0.171. The molecule has 0 saturated carbocycles. The lowest BCUT2D eigenvalue weighted by atomic mass is 10.3. The first-order valence-electron chi connectivity index (χ1n) is 6.08. The van der Waals surface area contributed by atoms with E-state index in [0.717, 1.165) is 44.3 Å². The first-order chi connectivity index (χ1) is 8.69. The molecule has 0 bridgehead atoms. The first kappa shape index (κ1) is 13.3. The zero-order valence-corrected chi connectivity index (χ0v) is 11.4. The summed E-state index contributed by atoms with van der Waals surface area (Å²) in [7, 11) is 0. The molecule has 2 rings (SSSR count). The smallest absolute Gasteiger partial charge is 0.219 e. The fourth-order valence-electron chi connectivity index (χ4n) is 2.11. The standard InChI is InChI=1S/C11H19N5OS/c1-9(17)16-4-2-3-15(5-6-16)8-10-7-13-11(14-12)18-10/h7H,2-6,8,12H2,1H3,(H,13,14). The van der Waals surface area contributed by atoms with Crippen LogP contribution in [-0.4, -0.2) is 46.9 Å². The molecule has 1 saturated heterocycles. The highest BCUT2D eigenvalue weighted by molar-refractivity contribution is 7.15. The molecule has 0 aliphatic carbocycles. The number of hydrogen-bond acceptors (Lipinski definition) is 6. The van der Waals surface area contributed by atoms with E-state index in [-0.39, 0.29) is 5.91 Å². The van der Waals surface area contributed by atoms with E-state index >= 15 is 0 Å². The van der Waals surface area contributed by atoms with E-state index in [4.69, 9.17) is 5.84 Å². The van der Waals surface area contributed by atoms with Gasteiger partial charge in [0.2, 0.25) is 5.91 Å². The van der Waals surface area contributed by atoms with Gasteiger partial charge in [-0.3, -0.25) is 15.1 Å². The van der Waals surface area contributed by atoms with Crippen molar-refractivity contribution in [3.05, 3.63) is 11.1 Å². The van der Waals surface area contributed by atoms with Crippen LogP contribution in [0.4, 0.5) is 5.13 Å². The number of nitrogens with two attached hydrogens (primary N) is 1. The largest absolute Gasteiger partial charge is 0.342 e. The molecule has 0 aromatic carbocycles. The normalized spacial score (nSPS) is 17.6. The topological polar surface area (TPSA) is 74.5 Å². The van der Waals surface area contributed by atoms with Crippen molar-refractivity contribution >= 4 is 22.4 Å². The SMILES string of the molecule is CC(=O)N1CCCN(Cc2cnc(NN)s2)CC1. The summed E-state index contributed by atoms with van der Waals surface area (Å²) in [5, 5.41) is 0.741. The highest BCUT2D eigenvalue weighted by Crippen LogP contribution is 2.19. The molecule has 1 aromatic rings. The third-order valence-corrected chi connectivity index (χ3v) is 4.00. The molecule has 0 atom stereocenters. The summed E-state index contributed by atoms with van der Waals surface area (Å²) in [5.74, 6) is 5.48. The fraction of sp³-hybridized carbons (Fsp3) is 0.636. The first-order valence-corrected chi connectivity index (χ1v) is 6.90. The number of hydrogen-bond donors (Lipinski definition) is 2. The Morgan fingerprint density at radius 2 is 2.33 bits per heavy atom. The van der Waals surface area contributed by atoms with E-state index < -0.39 is 0 Å². The molecule has 0 spiro atoms. The molecule has 1 aromatic heterocycles. The van der Waals surface area contributed by atoms with Crippen molar-refractivity contribution < 1.29 is 4.79 Å². The molecule has 1 aliphatic heterocycles. The van der Waals surface area contributed by atoms with Crippen LogP contribution in [0.1, 0.15) is 18.2 Å². The van der Waals surface area contributed by atoms with Gasteiger partial charge in [0, 0.05) is 50.7 Å². The summed E-state index contributed by atoms with van der Waals surface area (Å²) in [4.78, 5) is 21.0. The minimum absolute atomic E-state index is 0.171. The lowest BCUT2D eigenvalue weighted by Gasteiger charge is -2.20. The number of nitrogen functional groups attached to an aromatic ring is 1. The van der Waals surface area contributed by atoms with Crippen molar-refractivity contribution in [3.63, 3.8) is 0 Å². The molecule has 3 N–H and O–H groups in total. The second kappa shape index (κ2) is 6.12. The zero-order valence-electron chi connectivity index (χ0n) is 10.6. The molecule has 7 heteroatoms. The highest BCUT2D eigenvalue weighted by Gasteiger charge is 2.17. The van der Waals surface area contributed by atoms with Crippen LogP contribution >= 0.6 is 11.3 Å². The second-order valence-corrected chi connectivity index (χ2v) is 5.53. The molecule has 2 heterocycles. The average molecular weight is 269 g/mol. The Kier molecular flexibility index (Phi) is 4.51.